The van der Waals surface area contributed by atoms with E-state index in [1.165, 1.54) is 65.2 Å². The van der Waals surface area contributed by atoms with Gasteiger partial charge in [0.2, 0.25) is 0 Å². The maximum atomic E-state index is 9.13. The smallest absolute Gasteiger partial charge is 0.170 e. The van der Waals surface area contributed by atoms with Gasteiger partial charge in [0.05, 0.1) is 22.8 Å². The summed E-state index contributed by atoms with van der Waals surface area (Å²) < 4.78 is 3.72. The molecule has 2 bridgehead atoms. The Balaban J connectivity index is 1.39. The van der Waals surface area contributed by atoms with E-state index in [0.717, 1.165) is 30.0 Å². The van der Waals surface area contributed by atoms with E-state index in [1.807, 2.05) is 6.92 Å². The molecule has 0 aromatic carbocycles. The minimum atomic E-state index is 0.338. The zero-order valence-corrected chi connectivity index (χ0v) is 15.4. The number of hydrogen-bond donors (Lipinski definition) is 1. The van der Waals surface area contributed by atoms with Crippen LogP contribution in [0.25, 0.3) is 10.3 Å². The van der Waals surface area contributed by atoms with Gasteiger partial charge in [-0.2, -0.15) is 0 Å². The van der Waals surface area contributed by atoms with Gasteiger partial charge in [-0.05, 0) is 19.1 Å². The molecule has 3 saturated heterocycles. The highest BCUT2D eigenvalue weighted by atomic mass is 32.1. The normalized spacial score (nSPS) is 29.4. The van der Waals surface area contributed by atoms with Crippen molar-refractivity contribution in [3.8, 4) is 0 Å². The van der Waals surface area contributed by atoms with Crippen molar-refractivity contribution in [2.45, 2.75) is 19.8 Å². The van der Waals surface area contributed by atoms with Crippen molar-refractivity contribution in [3.05, 3.63) is 22.8 Å². The summed E-state index contributed by atoms with van der Waals surface area (Å²) in [5, 5.41) is 10.2. The summed E-state index contributed by atoms with van der Waals surface area (Å²) in [5.74, 6) is 0. The monoisotopic (exact) mass is 348 g/mol. The van der Waals surface area contributed by atoms with Gasteiger partial charge in [-0.1, -0.05) is 0 Å². The SMILES string of the molecule is Cc1nc2nc(CC[N+]34CC[N+](CCCO)(CC3)CC4)ccc2s1. The van der Waals surface area contributed by atoms with Gasteiger partial charge in [-0.3, -0.25) is 0 Å². The lowest BCUT2D eigenvalue weighted by Gasteiger charge is -2.55. The maximum absolute atomic E-state index is 9.13. The molecule has 6 heteroatoms. The standard InChI is InChI=1S/C18H28N4OS/c1-15-19-18-17(24-15)4-3-16(20-18)5-7-22-11-8-21(9-12-22,10-13-22)6-2-14-23/h3-4,23H,2,5-14H2,1H3/q+2. The fraction of sp³-hybridized carbons (Fsp3) is 0.667. The lowest BCUT2D eigenvalue weighted by molar-refractivity contribution is -1.08. The molecule has 0 unspecified atom stereocenters. The van der Waals surface area contributed by atoms with E-state index < -0.39 is 0 Å². The highest BCUT2D eigenvalue weighted by Crippen LogP contribution is 2.27. The summed E-state index contributed by atoms with van der Waals surface area (Å²) in [6.07, 6.45) is 2.01. The van der Waals surface area contributed by atoms with Gasteiger partial charge in [-0.15, -0.1) is 11.3 Å². The molecule has 0 atom stereocenters. The number of rotatable bonds is 6. The number of hydrogen-bond acceptors (Lipinski definition) is 4. The largest absolute Gasteiger partial charge is 0.396 e. The molecule has 0 aliphatic carbocycles. The number of aliphatic hydroxyl groups excluding tert-OH is 1. The van der Waals surface area contributed by atoms with Gasteiger partial charge in [0, 0.05) is 25.1 Å². The first-order valence-corrected chi connectivity index (χ1v) is 9.98. The van der Waals surface area contributed by atoms with Gasteiger partial charge in [0.15, 0.2) is 5.65 Å². The first-order valence-electron chi connectivity index (χ1n) is 9.16. The average Bonchev–Trinajstić information content (AvgIpc) is 2.99. The third kappa shape index (κ3) is 3.08. The fourth-order valence-electron chi connectivity index (χ4n) is 4.48. The molecule has 2 aromatic rings. The predicted octanol–water partition coefficient (Wildman–Crippen LogP) is 1.59. The van der Waals surface area contributed by atoms with Crippen LogP contribution in [0.15, 0.2) is 12.1 Å². The molecule has 5 rings (SSSR count). The molecule has 5 nitrogen and oxygen atoms in total. The van der Waals surface area contributed by atoms with Crippen LogP contribution in [0.4, 0.5) is 0 Å². The van der Waals surface area contributed by atoms with E-state index in [1.54, 1.807) is 11.3 Å². The highest BCUT2D eigenvalue weighted by molar-refractivity contribution is 7.18. The molecule has 24 heavy (non-hydrogen) atoms. The average molecular weight is 349 g/mol. The molecule has 5 heterocycles. The Morgan fingerprint density at radius 1 is 1.00 bits per heavy atom. The van der Waals surface area contributed by atoms with Crippen LogP contribution in [0.5, 0.6) is 0 Å². The Morgan fingerprint density at radius 3 is 2.33 bits per heavy atom. The Bertz CT molecular complexity index is 704. The predicted molar refractivity (Wildman–Crippen MR) is 97.0 cm³/mol. The molecule has 3 fully saturated rings. The fourth-order valence-corrected chi connectivity index (χ4v) is 5.25. The van der Waals surface area contributed by atoms with E-state index in [9.17, 15) is 0 Å². The van der Waals surface area contributed by atoms with E-state index >= 15 is 0 Å². The molecular formula is C18H28N4OS+2. The number of aliphatic hydroxyl groups is 1. The van der Waals surface area contributed by atoms with E-state index in [0.29, 0.717) is 6.61 Å². The Hall–Kier alpha value is -1.08. The minimum absolute atomic E-state index is 0.338. The Morgan fingerprint density at radius 2 is 1.67 bits per heavy atom. The third-order valence-electron chi connectivity index (χ3n) is 6.20. The van der Waals surface area contributed by atoms with Gasteiger partial charge in [0.25, 0.3) is 0 Å². The summed E-state index contributed by atoms with van der Waals surface area (Å²) in [6.45, 7) is 12.5. The quantitative estimate of drug-likeness (QED) is 0.807. The summed E-state index contributed by atoms with van der Waals surface area (Å²) in [6, 6.07) is 4.37. The summed E-state index contributed by atoms with van der Waals surface area (Å²) >= 11 is 1.73. The number of fused-ring (bicyclic) bond motifs is 4. The number of pyridine rings is 1. The van der Waals surface area contributed by atoms with Gasteiger partial charge < -0.3 is 14.1 Å². The van der Waals surface area contributed by atoms with Crippen molar-refractivity contribution < 1.29 is 14.1 Å². The number of quaternary nitrogens is 2. The molecule has 0 spiro atoms. The topological polar surface area (TPSA) is 46.0 Å². The van der Waals surface area contributed by atoms with Crippen molar-refractivity contribution >= 4 is 21.7 Å². The van der Waals surface area contributed by atoms with Crippen LogP contribution in [0, 0.1) is 6.92 Å². The van der Waals surface area contributed by atoms with Crippen LogP contribution in [0.3, 0.4) is 0 Å². The van der Waals surface area contributed by atoms with E-state index in [2.05, 4.69) is 17.1 Å². The lowest BCUT2D eigenvalue weighted by Crippen LogP contribution is -2.75. The number of aryl methyl sites for hydroxylation is 1. The summed E-state index contributed by atoms with van der Waals surface area (Å²) in [4.78, 5) is 9.30. The molecule has 3 aliphatic rings. The molecule has 2 aromatic heterocycles. The van der Waals surface area contributed by atoms with E-state index in [4.69, 9.17) is 10.1 Å². The van der Waals surface area contributed by atoms with Crippen LogP contribution in [0.1, 0.15) is 17.1 Å². The van der Waals surface area contributed by atoms with Crippen molar-refractivity contribution in [2.24, 2.45) is 0 Å². The zero-order valence-electron chi connectivity index (χ0n) is 14.6. The molecule has 3 aliphatic heterocycles. The van der Waals surface area contributed by atoms with Gasteiger partial charge in [0.1, 0.15) is 39.3 Å². The van der Waals surface area contributed by atoms with E-state index in [-0.39, 0.29) is 0 Å². The lowest BCUT2D eigenvalue weighted by atomic mass is 10.0. The summed E-state index contributed by atoms with van der Waals surface area (Å²) in [7, 11) is 0. The minimum Gasteiger partial charge on any atom is -0.396 e. The second-order valence-electron chi connectivity index (χ2n) is 7.66. The number of thiazole rings is 1. The molecular weight excluding hydrogens is 320 g/mol. The second kappa shape index (κ2) is 6.33. The molecule has 130 valence electrons. The Labute approximate surface area is 147 Å². The molecule has 1 N–H and O–H groups in total. The van der Waals surface area contributed by atoms with Crippen molar-refractivity contribution in [3.63, 3.8) is 0 Å². The first kappa shape index (κ1) is 16.4. The molecule has 0 saturated carbocycles. The summed E-state index contributed by atoms with van der Waals surface area (Å²) in [5.41, 5.74) is 2.12. The maximum Gasteiger partial charge on any atom is 0.170 e. The number of aromatic nitrogens is 2. The second-order valence-corrected chi connectivity index (χ2v) is 8.89. The Kier molecular flexibility index (Phi) is 4.33. The van der Waals surface area contributed by atoms with Gasteiger partial charge >= 0.3 is 0 Å². The van der Waals surface area contributed by atoms with Crippen LogP contribution >= 0.6 is 11.3 Å². The first-order chi connectivity index (χ1) is 11.6. The van der Waals surface area contributed by atoms with Crippen LogP contribution in [0.2, 0.25) is 0 Å². The number of nitrogens with zero attached hydrogens (tertiary/aromatic N) is 4. The van der Waals surface area contributed by atoms with Crippen LogP contribution in [-0.2, 0) is 6.42 Å². The van der Waals surface area contributed by atoms with Gasteiger partial charge in [-0.25, -0.2) is 9.97 Å². The van der Waals surface area contributed by atoms with Crippen LogP contribution in [-0.4, -0.2) is 83.0 Å². The third-order valence-corrected chi connectivity index (χ3v) is 7.12. The zero-order chi connectivity index (χ0) is 16.6. The van der Waals surface area contributed by atoms with Crippen LogP contribution < -0.4 is 0 Å². The van der Waals surface area contributed by atoms with Crippen molar-refractivity contribution in [1.29, 1.82) is 0 Å². The molecule has 0 amide bonds. The number of piperazine rings is 3. The molecule has 0 radical (unpaired) electrons. The van der Waals surface area contributed by atoms with Crippen molar-refractivity contribution in [2.75, 3.05) is 59.0 Å². The highest BCUT2D eigenvalue weighted by Gasteiger charge is 2.48. The van der Waals surface area contributed by atoms with Crippen molar-refractivity contribution in [1.82, 2.24) is 9.97 Å².